The third-order valence-electron chi connectivity index (χ3n) is 6.08. The zero-order valence-electron chi connectivity index (χ0n) is 15.9. The molecule has 6 heteroatoms. The van der Waals surface area contributed by atoms with Crippen molar-refractivity contribution in [3.05, 3.63) is 48.4 Å². The van der Waals surface area contributed by atoms with Crippen LogP contribution in [0.25, 0.3) is 11.0 Å². The lowest BCUT2D eigenvalue weighted by Gasteiger charge is -2.34. The van der Waals surface area contributed by atoms with Crippen LogP contribution in [-0.4, -0.2) is 39.9 Å². The zero-order valence-corrected chi connectivity index (χ0v) is 15.9. The van der Waals surface area contributed by atoms with Gasteiger partial charge in [0, 0.05) is 31.4 Å². The van der Waals surface area contributed by atoms with Gasteiger partial charge in [0.15, 0.2) is 5.78 Å². The highest BCUT2D eigenvalue weighted by Gasteiger charge is 2.29. The first-order valence-electron chi connectivity index (χ1n) is 10.2. The van der Waals surface area contributed by atoms with Crippen molar-refractivity contribution < 1.29 is 4.79 Å². The minimum Gasteiger partial charge on any atom is -0.375 e. The van der Waals surface area contributed by atoms with Gasteiger partial charge in [-0.15, -0.1) is 0 Å². The minimum absolute atomic E-state index is 0.0549. The second-order valence-electron chi connectivity index (χ2n) is 7.95. The Morgan fingerprint density at radius 3 is 3.07 bits per heavy atom. The van der Waals surface area contributed by atoms with E-state index in [9.17, 15) is 4.79 Å². The van der Waals surface area contributed by atoms with Gasteiger partial charge in [-0.1, -0.05) is 18.2 Å². The summed E-state index contributed by atoms with van der Waals surface area (Å²) in [5.41, 5.74) is 3.30. The van der Waals surface area contributed by atoms with Gasteiger partial charge >= 0.3 is 0 Å². The van der Waals surface area contributed by atoms with Crippen LogP contribution in [0.5, 0.6) is 0 Å². The number of piperidine rings is 1. The summed E-state index contributed by atoms with van der Waals surface area (Å²) in [4.78, 5) is 27.3. The largest absolute Gasteiger partial charge is 0.375 e. The molecule has 0 bridgehead atoms. The van der Waals surface area contributed by atoms with Gasteiger partial charge in [-0.3, -0.25) is 4.79 Å². The van der Waals surface area contributed by atoms with Crippen LogP contribution in [0.1, 0.15) is 31.2 Å². The number of fused-ring (bicyclic) bond motifs is 2. The molecular weight excluding hydrogens is 350 g/mol. The fraction of sp³-hybridized carbons (Fsp3) is 0.409. The van der Waals surface area contributed by atoms with E-state index >= 15 is 0 Å². The van der Waals surface area contributed by atoms with Crippen LogP contribution in [0.15, 0.2) is 42.9 Å². The Hall–Kier alpha value is -2.89. The Kier molecular flexibility index (Phi) is 4.47. The number of ketones is 1. The van der Waals surface area contributed by atoms with E-state index in [1.165, 1.54) is 5.56 Å². The molecule has 2 atom stereocenters. The van der Waals surface area contributed by atoms with Crippen LogP contribution >= 0.6 is 0 Å². The van der Waals surface area contributed by atoms with Gasteiger partial charge in [-0.05, 0) is 49.3 Å². The Morgan fingerprint density at radius 2 is 2.11 bits per heavy atom. The molecule has 0 aliphatic carbocycles. The van der Waals surface area contributed by atoms with Crippen molar-refractivity contribution in [2.24, 2.45) is 5.92 Å². The molecule has 0 amide bonds. The average Bonchev–Trinajstić information content (AvgIpc) is 3.22. The van der Waals surface area contributed by atoms with Crippen LogP contribution in [0, 0.1) is 5.92 Å². The smallest absolute Gasteiger partial charge is 0.155 e. The first-order chi connectivity index (χ1) is 13.8. The Balaban J connectivity index is 1.26. The van der Waals surface area contributed by atoms with Crippen LogP contribution in [0.2, 0.25) is 0 Å². The van der Waals surface area contributed by atoms with Gasteiger partial charge < -0.3 is 15.2 Å². The van der Waals surface area contributed by atoms with Crippen molar-refractivity contribution in [1.29, 1.82) is 0 Å². The van der Waals surface area contributed by atoms with E-state index in [1.54, 1.807) is 6.33 Å². The molecule has 2 aromatic heterocycles. The number of hydrogen-bond donors (Lipinski definition) is 2. The van der Waals surface area contributed by atoms with E-state index in [-0.39, 0.29) is 6.04 Å². The number of aromatic nitrogens is 3. The molecule has 144 valence electrons. The second-order valence-corrected chi connectivity index (χ2v) is 7.95. The molecule has 3 aromatic rings. The number of nitrogens with one attached hydrogen (secondary N) is 2. The Bertz CT molecular complexity index is 997. The standard InChI is InChI=1S/C22H25N5O/c28-20(19-8-7-16-5-1-2-6-18(16)26-19)12-15-4-3-11-27(13-15)22-17-9-10-23-21(17)24-14-25-22/h1-2,5-6,9-10,14-15,19,26H,3-4,7-8,11-13H2,(H,23,24,25)/t15-,19-/m0/s1. The highest BCUT2D eigenvalue weighted by atomic mass is 16.1. The molecule has 2 aliphatic heterocycles. The molecule has 5 rings (SSSR count). The molecule has 28 heavy (non-hydrogen) atoms. The van der Waals surface area contributed by atoms with E-state index in [4.69, 9.17) is 0 Å². The van der Waals surface area contributed by atoms with Crippen molar-refractivity contribution in [3.63, 3.8) is 0 Å². The van der Waals surface area contributed by atoms with E-state index in [1.807, 2.05) is 18.3 Å². The first-order valence-corrected chi connectivity index (χ1v) is 10.2. The van der Waals surface area contributed by atoms with Crippen molar-refractivity contribution in [2.75, 3.05) is 23.3 Å². The fourth-order valence-electron chi connectivity index (χ4n) is 4.64. The molecule has 0 saturated carbocycles. The summed E-state index contributed by atoms with van der Waals surface area (Å²) in [6.07, 6.45) is 8.22. The summed E-state index contributed by atoms with van der Waals surface area (Å²) in [5.74, 6) is 1.70. The maximum Gasteiger partial charge on any atom is 0.155 e. The molecule has 2 aliphatic rings. The number of benzene rings is 1. The van der Waals surface area contributed by atoms with Crippen molar-refractivity contribution in [1.82, 2.24) is 15.0 Å². The summed E-state index contributed by atoms with van der Waals surface area (Å²) in [7, 11) is 0. The molecular formula is C22H25N5O. The molecule has 1 aromatic carbocycles. The molecule has 0 unspecified atom stereocenters. The number of nitrogens with zero attached hydrogens (tertiary/aromatic N) is 3. The first kappa shape index (κ1) is 17.2. The summed E-state index contributed by atoms with van der Waals surface area (Å²) >= 11 is 0. The molecule has 2 N–H and O–H groups in total. The third-order valence-corrected chi connectivity index (χ3v) is 6.08. The molecule has 6 nitrogen and oxygen atoms in total. The molecule has 4 heterocycles. The van der Waals surface area contributed by atoms with Crippen molar-refractivity contribution in [3.8, 4) is 0 Å². The molecule has 1 saturated heterocycles. The lowest BCUT2D eigenvalue weighted by atomic mass is 9.88. The number of aromatic amines is 1. The lowest BCUT2D eigenvalue weighted by Crippen LogP contribution is -2.40. The highest BCUT2D eigenvalue weighted by Crippen LogP contribution is 2.30. The lowest BCUT2D eigenvalue weighted by molar-refractivity contribution is -0.121. The van der Waals surface area contributed by atoms with E-state index in [2.05, 4.69) is 43.4 Å². The van der Waals surface area contributed by atoms with Gasteiger partial charge in [0.05, 0.1) is 11.4 Å². The van der Waals surface area contributed by atoms with E-state index < -0.39 is 0 Å². The SMILES string of the molecule is O=C(C[C@@H]1CCCN(c2ncnc3[nH]ccc23)C1)[C@@H]1CCc2ccccc2N1. The van der Waals surface area contributed by atoms with Gasteiger partial charge in [0.2, 0.25) is 0 Å². The predicted molar refractivity (Wildman–Crippen MR) is 111 cm³/mol. The predicted octanol–water partition coefficient (Wildman–Crippen LogP) is 3.56. The maximum atomic E-state index is 13.0. The van der Waals surface area contributed by atoms with Crippen LogP contribution < -0.4 is 10.2 Å². The quantitative estimate of drug-likeness (QED) is 0.729. The van der Waals surface area contributed by atoms with Crippen molar-refractivity contribution >= 4 is 28.3 Å². The number of para-hydroxylation sites is 1. The van der Waals surface area contributed by atoms with Gasteiger partial charge in [-0.25, -0.2) is 9.97 Å². The third kappa shape index (κ3) is 3.23. The number of H-pyrrole nitrogens is 1. The molecule has 1 fully saturated rings. The topological polar surface area (TPSA) is 73.9 Å². The van der Waals surface area contributed by atoms with Crippen LogP contribution in [0.3, 0.4) is 0 Å². The maximum absolute atomic E-state index is 13.0. The number of anilines is 2. The monoisotopic (exact) mass is 375 g/mol. The molecule has 0 radical (unpaired) electrons. The van der Waals surface area contributed by atoms with Crippen LogP contribution in [-0.2, 0) is 11.2 Å². The summed E-state index contributed by atoms with van der Waals surface area (Å²) < 4.78 is 0. The van der Waals surface area contributed by atoms with Gasteiger partial charge in [-0.2, -0.15) is 0 Å². The van der Waals surface area contributed by atoms with E-state index in [0.717, 1.165) is 61.3 Å². The van der Waals surface area contributed by atoms with E-state index in [0.29, 0.717) is 18.1 Å². The second kappa shape index (κ2) is 7.26. The Labute approximate surface area is 164 Å². The highest BCUT2D eigenvalue weighted by molar-refractivity contribution is 5.88. The zero-order chi connectivity index (χ0) is 18.9. The van der Waals surface area contributed by atoms with Gasteiger partial charge in [0.25, 0.3) is 0 Å². The number of hydrogen-bond acceptors (Lipinski definition) is 5. The number of carbonyl (C=O) groups is 1. The minimum atomic E-state index is -0.0549. The number of Topliss-reactive ketones (excluding diaryl/α,β-unsaturated/α-hetero) is 1. The summed E-state index contributed by atoms with van der Waals surface area (Å²) in [5, 5.41) is 4.52. The van der Waals surface area contributed by atoms with Crippen LogP contribution in [0.4, 0.5) is 11.5 Å². The molecule has 0 spiro atoms. The number of carbonyl (C=O) groups excluding carboxylic acids is 1. The number of aryl methyl sites for hydroxylation is 1. The fourth-order valence-corrected chi connectivity index (χ4v) is 4.64. The average molecular weight is 375 g/mol. The van der Waals surface area contributed by atoms with Crippen molar-refractivity contribution in [2.45, 2.75) is 38.1 Å². The summed E-state index contributed by atoms with van der Waals surface area (Å²) in [6, 6.07) is 10.3. The summed E-state index contributed by atoms with van der Waals surface area (Å²) in [6.45, 7) is 1.86. The van der Waals surface area contributed by atoms with Gasteiger partial charge in [0.1, 0.15) is 17.8 Å². The normalized spacial score (nSPS) is 21.9. The number of rotatable bonds is 4. The Morgan fingerprint density at radius 1 is 1.18 bits per heavy atom.